The van der Waals surface area contributed by atoms with Crippen LogP contribution in [0.15, 0.2) is 0 Å². The van der Waals surface area contributed by atoms with Crippen LogP contribution in [0, 0.1) is 5.41 Å². The Bertz CT molecular complexity index is 150. The number of hydrogen-bond acceptors (Lipinski definition) is 2. The lowest BCUT2D eigenvalue weighted by Crippen LogP contribution is -2.21. The first-order valence-electron chi connectivity index (χ1n) is 5.90. The summed E-state index contributed by atoms with van der Waals surface area (Å²) in [6.45, 7) is 6.83. The molecule has 0 spiro atoms. The molecular weight excluding hydrogens is 174 g/mol. The number of ether oxygens (including phenoxy) is 1. The van der Waals surface area contributed by atoms with E-state index in [0.717, 1.165) is 13.2 Å². The van der Waals surface area contributed by atoms with Crippen molar-refractivity contribution < 1.29 is 4.74 Å². The van der Waals surface area contributed by atoms with Crippen LogP contribution >= 0.6 is 0 Å². The molecule has 1 aliphatic heterocycles. The highest BCUT2D eigenvalue weighted by Gasteiger charge is 2.21. The zero-order valence-electron chi connectivity index (χ0n) is 9.94. The highest BCUT2D eigenvalue weighted by atomic mass is 16.5. The summed E-state index contributed by atoms with van der Waals surface area (Å²) in [4.78, 5) is 0. The Morgan fingerprint density at radius 3 is 2.71 bits per heavy atom. The van der Waals surface area contributed by atoms with E-state index in [-0.39, 0.29) is 0 Å². The van der Waals surface area contributed by atoms with Gasteiger partial charge < -0.3 is 10.1 Å². The third-order valence-electron chi connectivity index (χ3n) is 3.22. The predicted molar refractivity (Wildman–Crippen MR) is 60.5 cm³/mol. The van der Waals surface area contributed by atoms with Crippen molar-refractivity contribution in [1.29, 1.82) is 0 Å². The van der Waals surface area contributed by atoms with E-state index in [1.54, 1.807) is 0 Å². The van der Waals surface area contributed by atoms with Gasteiger partial charge in [0, 0.05) is 6.61 Å². The first kappa shape index (κ1) is 12.0. The van der Waals surface area contributed by atoms with Crippen LogP contribution in [0.1, 0.15) is 46.0 Å². The van der Waals surface area contributed by atoms with Crippen LogP contribution in [-0.2, 0) is 4.74 Å². The van der Waals surface area contributed by atoms with Crippen molar-refractivity contribution in [2.75, 3.05) is 20.2 Å². The quantitative estimate of drug-likeness (QED) is 0.710. The summed E-state index contributed by atoms with van der Waals surface area (Å²) < 4.78 is 5.64. The van der Waals surface area contributed by atoms with E-state index in [0.29, 0.717) is 11.5 Å². The van der Waals surface area contributed by atoms with Gasteiger partial charge in [-0.2, -0.15) is 0 Å². The largest absolute Gasteiger partial charge is 0.378 e. The minimum atomic E-state index is 0.467. The van der Waals surface area contributed by atoms with Crippen LogP contribution in [-0.4, -0.2) is 26.3 Å². The Labute approximate surface area is 88.4 Å². The van der Waals surface area contributed by atoms with Crippen molar-refractivity contribution in [3.8, 4) is 0 Å². The molecule has 0 aromatic carbocycles. The van der Waals surface area contributed by atoms with Crippen LogP contribution in [0.3, 0.4) is 0 Å². The maximum absolute atomic E-state index is 5.64. The number of hydrogen-bond donors (Lipinski definition) is 1. The van der Waals surface area contributed by atoms with Gasteiger partial charge >= 0.3 is 0 Å². The van der Waals surface area contributed by atoms with Gasteiger partial charge in [0.05, 0.1) is 6.10 Å². The minimum absolute atomic E-state index is 0.467. The molecule has 14 heavy (non-hydrogen) atoms. The van der Waals surface area contributed by atoms with Crippen molar-refractivity contribution in [3.63, 3.8) is 0 Å². The monoisotopic (exact) mass is 199 g/mol. The zero-order chi connectivity index (χ0) is 10.4. The Hall–Kier alpha value is -0.0800. The molecule has 0 aromatic heterocycles. The van der Waals surface area contributed by atoms with E-state index in [1.165, 1.54) is 32.1 Å². The van der Waals surface area contributed by atoms with Gasteiger partial charge in [0.2, 0.25) is 0 Å². The summed E-state index contributed by atoms with van der Waals surface area (Å²) in [6.07, 6.45) is 6.90. The van der Waals surface area contributed by atoms with Gasteiger partial charge in [-0.3, -0.25) is 0 Å². The zero-order valence-corrected chi connectivity index (χ0v) is 9.94. The molecule has 2 nitrogen and oxygen atoms in total. The number of nitrogens with one attached hydrogen (secondary N) is 1. The molecule has 0 aliphatic carbocycles. The molecule has 0 radical (unpaired) electrons. The van der Waals surface area contributed by atoms with E-state index >= 15 is 0 Å². The first-order chi connectivity index (χ1) is 6.64. The standard InChI is InChI=1S/C12H25NO/c1-12(2,8-9-13-3)7-6-11-5-4-10-14-11/h11,13H,4-10H2,1-3H3. The van der Waals surface area contributed by atoms with Crippen LogP contribution in [0.5, 0.6) is 0 Å². The van der Waals surface area contributed by atoms with Crippen LogP contribution < -0.4 is 5.32 Å². The average molecular weight is 199 g/mol. The van der Waals surface area contributed by atoms with Crippen molar-refractivity contribution in [2.45, 2.75) is 52.1 Å². The predicted octanol–water partition coefficient (Wildman–Crippen LogP) is 2.58. The van der Waals surface area contributed by atoms with E-state index in [9.17, 15) is 0 Å². The smallest absolute Gasteiger partial charge is 0.0576 e. The van der Waals surface area contributed by atoms with Gasteiger partial charge in [-0.05, 0) is 51.1 Å². The van der Waals surface area contributed by atoms with Crippen LogP contribution in [0.2, 0.25) is 0 Å². The molecule has 1 atom stereocenters. The fraction of sp³-hybridized carbons (Fsp3) is 1.00. The summed E-state index contributed by atoms with van der Waals surface area (Å²) in [5, 5.41) is 3.22. The molecule has 1 aliphatic rings. The normalized spacial score (nSPS) is 22.9. The second kappa shape index (κ2) is 5.72. The second-order valence-corrected chi connectivity index (χ2v) is 5.19. The lowest BCUT2D eigenvalue weighted by molar-refractivity contribution is 0.0906. The Morgan fingerprint density at radius 1 is 1.36 bits per heavy atom. The fourth-order valence-corrected chi connectivity index (χ4v) is 2.01. The van der Waals surface area contributed by atoms with E-state index in [2.05, 4.69) is 19.2 Å². The van der Waals surface area contributed by atoms with E-state index in [4.69, 9.17) is 4.74 Å². The Balaban J connectivity index is 2.14. The van der Waals surface area contributed by atoms with Crippen LogP contribution in [0.4, 0.5) is 0 Å². The SMILES string of the molecule is CNCCC(C)(C)CCC1CCCO1. The van der Waals surface area contributed by atoms with Crippen molar-refractivity contribution in [3.05, 3.63) is 0 Å². The molecule has 1 N–H and O–H groups in total. The van der Waals surface area contributed by atoms with Gasteiger partial charge in [-0.1, -0.05) is 13.8 Å². The highest BCUT2D eigenvalue weighted by Crippen LogP contribution is 2.29. The molecule has 1 saturated heterocycles. The van der Waals surface area contributed by atoms with Crippen molar-refractivity contribution >= 4 is 0 Å². The van der Waals surface area contributed by atoms with Gasteiger partial charge in [-0.25, -0.2) is 0 Å². The van der Waals surface area contributed by atoms with Gasteiger partial charge in [-0.15, -0.1) is 0 Å². The number of rotatable bonds is 6. The maximum atomic E-state index is 5.64. The lowest BCUT2D eigenvalue weighted by atomic mass is 9.83. The van der Waals surface area contributed by atoms with E-state index < -0.39 is 0 Å². The van der Waals surface area contributed by atoms with Gasteiger partial charge in [0.15, 0.2) is 0 Å². The second-order valence-electron chi connectivity index (χ2n) is 5.19. The topological polar surface area (TPSA) is 21.3 Å². The van der Waals surface area contributed by atoms with Crippen LogP contribution in [0.25, 0.3) is 0 Å². The molecule has 2 heteroatoms. The summed E-state index contributed by atoms with van der Waals surface area (Å²) in [6, 6.07) is 0. The lowest BCUT2D eigenvalue weighted by Gasteiger charge is -2.25. The molecule has 1 heterocycles. The average Bonchev–Trinajstić information content (AvgIpc) is 2.64. The molecule has 0 bridgehead atoms. The molecule has 84 valence electrons. The van der Waals surface area contributed by atoms with Gasteiger partial charge in [0.25, 0.3) is 0 Å². The first-order valence-corrected chi connectivity index (χ1v) is 5.90. The summed E-state index contributed by atoms with van der Waals surface area (Å²) in [7, 11) is 2.02. The molecule has 0 amide bonds. The third-order valence-corrected chi connectivity index (χ3v) is 3.22. The maximum Gasteiger partial charge on any atom is 0.0576 e. The Morgan fingerprint density at radius 2 is 2.14 bits per heavy atom. The third kappa shape index (κ3) is 4.43. The highest BCUT2D eigenvalue weighted by molar-refractivity contribution is 4.73. The molecule has 1 rings (SSSR count). The molecule has 0 aromatic rings. The minimum Gasteiger partial charge on any atom is -0.378 e. The molecule has 1 unspecified atom stereocenters. The van der Waals surface area contributed by atoms with Gasteiger partial charge in [0.1, 0.15) is 0 Å². The molecule has 1 fully saturated rings. The summed E-state index contributed by atoms with van der Waals surface area (Å²) >= 11 is 0. The summed E-state index contributed by atoms with van der Waals surface area (Å²) in [5.74, 6) is 0. The van der Waals surface area contributed by atoms with E-state index in [1.807, 2.05) is 7.05 Å². The fourth-order valence-electron chi connectivity index (χ4n) is 2.01. The molecular formula is C12H25NO. The summed E-state index contributed by atoms with van der Waals surface area (Å²) in [5.41, 5.74) is 0.467. The van der Waals surface area contributed by atoms with Crippen molar-refractivity contribution in [1.82, 2.24) is 5.32 Å². The Kier molecular flexibility index (Phi) is 4.90. The molecule has 0 saturated carbocycles. The van der Waals surface area contributed by atoms with Crippen molar-refractivity contribution in [2.24, 2.45) is 5.41 Å².